The number of fused-ring (bicyclic) bond motifs is 1. The van der Waals surface area contributed by atoms with Gasteiger partial charge in [-0.2, -0.15) is 0 Å². The summed E-state index contributed by atoms with van der Waals surface area (Å²) >= 11 is 7.06. The van der Waals surface area contributed by atoms with Crippen molar-refractivity contribution >= 4 is 39.3 Å². The third-order valence-corrected chi connectivity index (χ3v) is 3.31. The normalized spacial score (nSPS) is 10.7. The topological polar surface area (TPSA) is 17.1 Å². The number of alkyl halides is 1. The molecule has 2 rings (SSSR count). The Labute approximate surface area is 89.1 Å². The van der Waals surface area contributed by atoms with E-state index in [1.165, 1.54) is 17.4 Å². The molecule has 72 valence electrons. The number of rotatable bonds is 2. The van der Waals surface area contributed by atoms with Crippen LogP contribution in [0.2, 0.25) is 0 Å². The van der Waals surface area contributed by atoms with Crippen molar-refractivity contribution < 1.29 is 9.18 Å². The maximum atomic E-state index is 13.4. The van der Waals surface area contributed by atoms with Crippen molar-refractivity contribution in [3.63, 3.8) is 0 Å². The lowest BCUT2D eigenvalue weighted by Crippen LogP contribution is -1.91. The van der Waals surface area contributed by atoms with Crippen LogP contribution in [0.15, 0.2) is 17.5 Å². The van der Waals surface area contributed by atoms with E-state index >= 15 is 0 Å². The molecule has 0 radical (unpaired) electrons. The lowest BCUT2D eigenvalue weighted by molar-refractivity contribution is 0.112. The van der Waals surface area contributed by atoms with Gasteiger partial charge in [0.2, 0.25) is 0 Å². The van der Waals surface area contributed by atoms with E-state index in [1.807, 2.05) is 5.38 Å². The molecule has 1 heterocycles. The molecular weight excluding hydrogens is 223 g/mol. The highest BCUT2D eigenvalue weighted by molar-refractivity contribution is 7.17. The summed E-state index contributed by atoms with van der Waals surface area (Å²) in [5.74, 6) is -0.286. The van der Waals surface area contributed by atoms with Gasteiger partial charge < -0.3 is 0 Å². The van der Waals surface area contributed by atoms with Crippen LogP contribution in [-0.4, -0.2) is 6.29 Å². The molecule has 0 aliphatic heterocycles. The smallest absolute Gasteiger partial charge is 0.151 e. The summed E-state index contributed by atoms with van der Waals surface area (Å²) in [5, 5.41) is 2.57. The van der Waals surface area contributed by atoms with Crippen molar-refractivity contribution in [1.29, 1.82) is 0 Å². The van der Waals surface area contributed by atoms with Crippen LogP contribution in [0.3, 0.4) is 0 Å². The number of halogens is 2. The third-order valence-electron chi connectivity index (χ3n) is 2.08. The number of aldehydes is 1. The molecule has 0 aliphatic carbocycles. The lowest BCUT2D eigenvalue weighted by Gasteiger charge is -2.02. The van der Waals surface area contributed by atoms with Gasteiger partial charge in [-0.15, -0.1) is 22.9 Å². The van der Waals surface area contributed by atoms with Crippen LogP contribution in [0.5, 0.6) is 0 Å². The average Bonchev–Trinajstić information content (AvgIpc) is 2.65. The van der Waals surface area contributed by atoms with Gasteiger partial charge in [-0.3, -0.25) is 4.79 Å². The zero-order valence-corrected chi connectivity index (χ0v) is 8.66. The second-order valence-electron chi connectivity index (χ2n) is 2.84. The molecule has 0 aliphatic rings. The third kappa shape index (κ3) is 1.33. The molecule has 1 nitrogen and oxygen atoms in total. The number of hydrogen-bond acceptors (Lipinski definition) is 2. The molecular formula is C10H6ClFOS. The van der Waals surface area contributed by atoms with Crippen molar-refractivity contribution in [1.82, 2.24) is 0 Å². The van der Waals surface area contributed by atoms with E-state index < -0.39 is 5.82 Å². The quantitative estimate of drug-likeness (QED) is 0.567. The van der Waals surface area contributed by atoms with E-state index in [-0.39, 0.29) is 5.88 Å². The van der Waals surface area contributed by atoms with Crippen molar-refractivity contribution in [2.24, 2.45) is 0 Å². The molecule has 0 saturated carbocycles. The lowest BCUT2D eigenvalue weighted by atomic mass is 10.1. The molecule has 0 unspecified atom stereocenters. The summed E-state index contributed by atoms with van der Waals surface area (Å²) in [6.07, 6.45) is 0.667. The molecule has 1 aromatic carbocycles. The molecule has 0 bridgehead atoms. The first kappa shape index (κ1) is 9.62. The first-order valence-electron chi connectivity index (χ1n) is 3.97. The van der Waals surface area contributed by atoms with Gasteiger partial charge in [0, 0.05) is 21.2 Å². The highest BCUT2D eigenvalue weighted by Crippen LogP contribution is 2.30. The van der Waals surface area contributed by atoms with Gasteiger partial charge in [-0.25, -0.2) is 4.39 Å². The Bertz CT molecular complexity index is 492. The summed E-state index contributed by atoms with van der Waals surface area (Å²) < 4.78 is 14.2. The minimum Gasteiger partial charge on any atom is -0.298 e. The molecule has 0 atom stereocenters. The summed E-state index contributed by atoms with van der Waals surface area (Å²) in [6.45, 7) is 0. The first-order chi connectivity index (χ1) is 6.77. The Balaban J connectivity index is 2.88. The Morgan fingerprint density at radius 3 is 3.00 bits per heavy atom. The highest BCUT2D eigenvalue weighted by atomic mass is 35.5. The van der Waals surface area contributed by atoms with Crippen LogP contribution in [0.25, 0.3) is 10.1 Å². The van der Waals surface area contributed by atoms with E-state index in [9.17, 15) is 9.18 Å². The Morgan fingerprint density at radius 1 is 1.57 bits per heavy atom. The Hall–Kier alpha value is -0.930. The number of carbonyl (C=O) groups is 1. The fourth-order valence-corrected chi connectivity index (χ4v) is 2.58. The van der Waals surface area contributed by atoms with Crippen molar-refractivity contribution in [3.05, 3.63) is 34.5 Å². The SMILES string of the molecule is O=Cc1cc(F)c(CCl)c2ccsc12. The van der Waals surface area contributed by atoms with Gasteiger partial charge in [0.1, 0.15) is 5.82 Å². The van der Waals surface area contributed by atoms with E-state index in [4.69, 9.17) is 11.6 Å². The Morgan fingerprint density at radius 2 is 2.36 bits per heavy atom. The van der Waals surface area contributed by atoms with Crippen LogP contribution < -0.4 is 0 Å². The largest absolute Gasteiger partial charge is 0.298 e. The summed E-state index contributed by atoms with van der Waals surface area (Å²) in [5.41, 5.74) is 0.856. The molecule has 0 amide bonds. The second-order valence-corrected chi connectivity index (χ2v) is 4.02. The maximum Gasteiger partial charge on any atom is 0.151 e. The van der Waals surface area contributed by atoms with Crippen LogP contribution in [-0.2, 0) is 5.88 Å². The molecule has 1 aromatic heterocycles. The number of thiophene rings is 1. The summed E-state index contributed by atoms with van der Waals surface area (Å²) in [7, 11) is 0. The van der Waals surface area contributed by atoms with E-state index in [0.29, 0.717) is 17.4 Å². The van der Waals surface area contributed by atoms with Crippen LogP contribution in [0.1, 0.15) is 15.9 Å². The van der Waals surface area contributed by atoms with E-state index in [0.717, 1.165) is 10.1 Å². The zero-order chi connectivity index (χ0) is 10.1. The van der Waals surface area contributed by atoms with Gasteiger partial charge in [-0.05, 0) is 17.5 Å². The number of hydrogen-bond donors (Lipinski definition) is 0. The van der Waals surface area contributed by atoms with E-state index in [1.54, 1.807) is 6.07 Å². The minimum atomic E-state index is -0.409. The van der Waals surface area contributed by atoms with Crippen LogP contribution in [0.4, 0.5) is 4.39 Å². The summed E-state index contributed by atoms with van der Waals surface area (Å²) in [6, 6.07) is 3.03. The fourth-order valence-electron chi connectivity index (χ4n) is 1.41. The fraction of sp³-hybridized carbons (Fsp3) is 0.100. The highest BCUT2D eigenvalue weighted by Gasteiger charge is 2.11. The van der Waals surface area contributed by atoms with Gasteiger partial charge in [0.25, 0.3) is 0 Å². The van der Waals surface area contributed by atoms with Crippen molar-refractivity contribution in [3.8, 4) is 0 Å². The monoisotopic (exact) mass is 228 g/mol. The van der Waals surface area contributed by atoms with Crippen molar-refractivity contribution in [2.45, 2.75) is 5.88 Å². The van der Waals surface area contributed by atoms with Gasteiger partial charge in [0.05, 0.1) is 5.88 Å². The van der Waals surface area contributed by atoms with E-state index in [2.05, 4.69) is 0 Å². The second kappa shape index (κ2) is 3.67. The van der Waals surface area contributed by atoms with Crippen LogP contribution in [0, 0.1) is 5.82 Å². The van der Waals surface area contributed by atoms with Crippen LogP contribution >= 0.6 is 22.9 Å². The summed E-state index contributed by atoms with van der Waals surface area (Å²) in [4.78, 5) is 10.7. The van der Waals surface area contributed by atoms with Gasteiger partial charge in [0.15, 0.2) is 6.29 Å². The molecule has 0 fully saturated rings. The predicted octanol–water partition coefficient (Wildman–Crippen LogP) is 3.59. The zero-order valence-electron chi connectivity index (χ0n) is 7.09. The average molecular weight is 229 g/mol. The number of benzene rings is 1. The molecule has 0 N–H and O–H groups in total. The first-order valence-corrected chi connectivity index (χ1v) is 5.39. The van der Waals surface area contributed by atoms with Crippen molar-refractivity contribution in [2.75, 3.05) is 0 Å². The predicted molar refractivity (Wildman–Crippen MR) is 56.7 cm³/mol. The minimum absolute atomic E-state index is 0.123. The standard InChI is InChI=1S/C10H6ClFOS/c11-4-8-7-1-2-14-10(7)6(5-13)3-9(8)12/h1-3,5H,4H2. The Kier molecular flexibility index (Phi) is 2.52. The van der Waals surface area contributed by atoms with Gasteiger partial charge >= 0.3 is 0 Å². The molecule has 0 spiro atoms. The number of carbonyl (C=O) groups excluding carboxylic acids is 1. The molecule has 2 aromatic rings. The molecule has 4 heteroatoms. The molecule has 14 heavy (non-hydrogen) atoms. The maximum absolute atomic E-state index is 13.4. The molecule has 0 saturated heterocycles. The van der Waals surface area contributed by atoms with Gasteiger partial charge in [-0.1, -0.05) is 0 Å².